The standard InChI is InChI=1S/C9H21ClOSi/c1-3-5-9(7-10,6-4-2)8-11-12/h3-8H2,1-2,12H3. The summed E-state index contributed by atoms with van der Waals surface area (Å²) in [6.07, 6.45) is 4.81. The Balaban J connectivity index is 4.06. The Hall–Kier alpha value is 0.467. The molecule has 12 heavy (non-hydrogen) atoms. The molecule has 0 aliphatic carbocycles. The van der Waals surface area contributed by atoms with E-state index in [0.29, 0.717) is 0 Å². The molecule has 0 N–H and O–H groups in total. The highest BCUT2D eigenvalue weighted by molar-refractivity contribution is 6.18. The van der Waals surface area contributed by atoms with Crippen LogP contribution >= 0.6 is 11.6 Å². The lowest BCUT2D eigenvalue weighted by Crippen LogP contribution is -2.28. The van der Waals surface area contributed by atoms with Gasteiger partial charge < -0.3 is 4.43 Å². The van der Waals surface area contributed by atoms with Gasteiger partial charge in [-0.25, -0.2) is 0 Å². The first-order valence-corrected chi connectivity index (χ1v) is 6.14. The SMILES string of the molecule is CCCC(CCl)(CCC)CO[SiH3]. The van der Waals surface area contributed by atoms with Crippen LogP contribution in [0.3, 0.4) is 0 Å². The summed E-state index contributed by atoms with van der Waals surface area (Å²) in [4.78, 5) is 0. The molecule has 0 aromatic carbocycles. The third-order valence-corrected chi connectivity index (χ3v) is 3.15. The Morgan fingerprint density at radius 1 is 1.25 bits per heavy atom. The van der Waals surface area contributed by atoms with Gasteiger partial charge in [0, 0.05) is 17.9 Å². The first-order chi connectivity index (χ1) is 5.74. The third-order valence-electron chi connectivity index (χ3n) is 2.29. The molecule has 0 aliphatic rings. The van der Waals surface area contributed by atoms with E-state index in [1.165, 1.54) is 25.7 Å². The predicted molar refractivity (Wildman–Crippen MR) is 58.9 cm³/mol. The van der Waals surface area contributed by atoms with Gasteiger partial charge in [-0.1, -0.05) is 26.7 Å². The fraction of sp³-hybridized carbons (Fsp3) is 1.00. The van der Waals surface area contributed by atoms with Crippen LogP contribution < -0.4 is 0 Å². The fourth-order valence-electron chi connectivity index (χ4n) is 1.81. The first kappa shape index (κ1) is 12.5. The Labute approximate surface area is 84.4 Å². The maximum Gasteiger partial charge on any atom is 0.145 e. The quantitative estimate of drug-likeness (QED) is 0.460. The van der Waals surface area contributed by atoms with Crippen LogP contribution in [-0.2, 0) is 4.43 Å². The largest absolute Gasteiger partial charge is 0.427 e. The summed E-state index contributed by atoms with van der Waals surface area (Å²) in [5.74, 6) is 0.747. The zero-order chi connectivity index (χ0) is 9.45. The molecule has 0 aromatic heterocycles. The predicted octanol–water partition coefficient (Wildman–Crippen LogP) is 2.11. The monoisotopic (exact) mass is 208 g/mol. The number of alkyl halides is 1. The van der Waals surface area contributed by atoms with Gasteiger partial charge in [-0.3, -0.25) is 0 Å². The molecule has 0 bridgehead atoms. The second-order valence-electron chi connectivity index (χ2n) is 3.57. The Bertz CT molecular complexity index is 91.7. The lowest BCUT2D eigenvalue weighted by Gasteiger charge is -2.30. The minimum atomic E-state index is 0.271. The zero-order valence-electron chi connectivity index (χ0n) is 8.53. The van der Waals surface area contributed by atoms with Gasteiger partial charge in [0.2, 0.25) is 0 Å². The van der Waals surface area contributed by atoms with E-state index in [1.807, 2.05) is 0 Å². The van der Waals surface area contributed by atoms with Crippen LogP contribution in [-0.4, -0.2) is 23.0 Å². The lowest BCUT2D eigenvalue weighted by molar-refractivity contribution is 0.151. The van der Waals surface area contributed by atoms with E-state index in [0.717, 1.165) is 23.0 Å². The molecule has 0 radical (unpaired) electrons. The van der Waals surface area contributed by atoms with Gasteiger partial charge in [-0.05, 0) is 12.8 Å². The van der Waals surface area contributed by atoms with Gasteiger partial charge in [0.1, 0.15) is 10.5 Å². The normalized spacial score (nSPS) is 12.2. The molecule has 0 saturated carbocycles. The van der Waals surface area contributed by atoms with Gasteiger partial charge in [0.05, 0.1) is 0 Å². The molecule has 3 heteroatoms. The average molecular weight is 209 g/mol. The molecule has 0 heterocycles. The van der Waals surface area contributed by atoms with Crippen LogP contribution in [0.15, 0.2) is 0 Å². The molecule has 0 saturated heterocycles. The van der Waals surface area contributed by atoms with E-state index >= 15 is 0 Å². The minimum absolute atomic E-state index is 0.271. The van der Waals surface area contributed by atoms with Crippen molar-refractivity contribution in [2.24, 2.45) is 5.41 Å². The molecular weight excluding hydrogens is 188 g/mol. The van der Waals surface area contributed by atoms with Gasteiger partial charge in [0.15, 0.2) is 0 Å². The van der Waals surface area contributed by atoms with Crippen LogP contribution in [0, 0.1) is 5.41 Å². The van der Waals surface area contributed by atoms with Crippen LogP contribution in [0.25, 0.3) is 0 Å². The molecule has 0 aliphatic heterocycles. The Morgan fingerprint density at radius 2 is 1.75 bits per heavy atom. The highest BCUT2D eigenvalue weighted by Crippen LogP contribution is 2.31. The van der Waals surface area contributed by atoms with E-state index in [1.54, 1.807) is 0 Å². The van der Waals surface area contributed by atoms with E-state index in [4.69, 9.17) is 16.0 Å². The number of hydrogen-bond donors (Lipinski definition) is 0. The van der Waals surface area contributed by atoms with Crippen LogP contribution in [0.4, 0.5) is 0 Å². The molecule has 0 amide bonds. The van der Waals surface area contributed by atoms with Crippen LogP contribution in [0.2, 0.25) is 0 Å². The fourth-order valence-corrected chi connectivity index (χ4v) is 2.77. The summed E-state index contributed by atoms with van der Waals surface area (Å²) >= 11 is 6.00. The van der Waals surface area contributed by atoms with Crippen molar-refractivity contribution in [3.8, 4) is 0 Å². The highest BCUT2D eigenvalue weighted by Gasteiger charge is 2.26. The maximum absolute atomic E-state index is 6.00. The summed E-state index contributed by atoms with van der Waals surface area (Å²) < 4.78 is 5.36. The summed E-state index contributed by atoms with van der Waals surface area (Å²) in [7, 11) is 0.830. The smallest absolute Gasteiger partial charge is 0.145 e. The van der Waals surface area contributed by atoms with Crippen molar-refractivity contribution in [1.29, 1.82) is 0 Å². The average Bonchev–Trinajstić information content (AvgIpc) is 2.06. The third kappa shape index (κ3) is 3.92. The summed E-state index contributed by atoms with van der Waals surface area (Å²) in [6, 6.07) is 0. The molecule has 1 nitrogen and oxygen atoms in total. The Morgan fingerprint density at radius 3 is 2.00 bits per heavy atom. The van der Waals surface area contributed by atoms with Crippen LogP contribution in [0.5, 0.6) is 0 Å². The highest BCUT2D eigenvalue weighted by atomic mass is 35.5. The second-order valence-corrected chi connectivity index (χ2v) is 4.41. The summed E-state index contributed by atoms with van der Waals surface area (Å²) in [5.41, 5.74) is 0.271. The number of halogens is 1. The Kier molecular flexibility index (Phi) is 7.20. The lowest BCUT2D eigenvalue weighted by atomic mass is 9.82. The second kappa shape index (κ2) is 6.93. The first-order valence-electron chi connectivity index (χ1n) is 4.79. The molecular formula is C9H21ClOSi. The van der Waals surface area contributed by atoms with Crippen molar-refractivity contribution < 1.29 is 4.43 Å². The number of rotatable bonds is 7. The van der Waals surface area contributed by atoms with Crippen molar-refractivity contribution >= 4 is 22.1 Å². The van der Waals surface area contributed by atoms with Crippen molar-refractivity contribution in [2.75, 3.05) is 12.5 Å². The van der Waals surface area contributed by atoms with E-state index in [9.17, 15) is 0 Å². The van der Waals surface area contributed by atoms with Crippen molar-refractivity contribution in [3.05, 3.63) is 0 Å². The van der Waals surface area contributed by atoms with Gasteiger partial charge >= 0.3 is 0 Å². The van der Waals surface area contributed by atoms with Crippen molar-refractivity contribution in [2.45, 2.75) is 39.5 Å². The van der Waals surface area contributed by atoms with E-state index in [2.05, 4.69) is 13.8 Å². The summed E-state index contributed by atoms with van der Waals surface area (Å²) in [6.45, 7) is 5.29. The molecule has 0 fully saturated rings. The van der Waals surface area contributed by atoms with E-state index in [-0.39, 0.29) is 5.41 Å². The van der Waals surface area contributed by atoms with Crippen molar-refractivity contribution in [1.82, 2.24) is 0 Å². The minimum Gasteiger partial charge on any atom is -0.427 e. The topological polar surface area (TPSA) is 9.23 Å². The van der Waals surface area contributed by atoms with Gasteiger partial charge in [-0.2, -0.15) is 0 Å². The maximum atomic E-state index is 6.00. The molecule has 0 rings (SSSR count). The van der Waals surface area contributed by atoms with Gasteiger partial charge in [0.25, 0.3) is 0 Å². The van der Waals surface area contributed by atoms with Crippen LogP contribution in [0.1, 0.15) is 39.5 Å². The molecule has 74 valence electrons. The molecule has 0 spiro atoms. The zero-order valence-corrected chi connectivity index (χ0v) is 11.3. The summed E-state index contributed by atoms with van der Waals surface area (Å²) in [5, 5.41) is 0. The molecule has 0 atom stereocenters. The number of hydrogen-bond acceptors (Lipinski definition) is 1. The molecule has 0 unspecified atom stereocenters. The molecule has 0 aromatic rings. The van der Waals surface area contributed by atoms with Crippen molar-refractivity contribution in [3.63, 3.8) is 0 Å². The van der Waals surface area contributed by atoms with E-state index < -0.39 is 0 Å². The van der Waals surface area contributed by atoms with Gasteiger partial charge in [-0.15, -0.1) is 11.6 Å².